The number of primary sulfonamides is 1. The van der Waals surface area contributed by atoms with E-state index in [2.05, 4.69) is 0 Å². The Hall–Kier alpha value is -2.52. The van der Waals surface area contributed by atoms with E-state index in [1.807, 2.05) is 17.5 Å². The van der Waals surface area contributed by atoms with E-state index in [-0.39, 0.29) is 17.3 Å². The summed E-state index contributed by atoms with van der Waals surface area (Å²) in [6.45, 7) is 0.274. The minimum absolute atomic E-state index is 0.0380. The molecule has 144 valence electrons. The number of nitrogens with two attached hydrogens (primary N) is 1. The first kappa shape index (κ1) is 18.8. The van der Waals surface area contributed by atoms with Crippen LogP contribution in [0.2, 0.25) is 0 Å². The normalized spacial score (nSPS) is 19.1. The number of hydrogen-bond acceptors (Lipinski definition) is 5. The van der Waals surface area contributed by atoms with Crippen molar-refractivity contribution in [3.63, 3.8) is 0 Å². The maximum absolute atomic E-state index is 13.0. The van der Waals surface area contributed by atoms with Crippen LogP contribution in [0.4, 0.5) is 0 Å². The number of sulfonamides is 1. The number of aliphatic hydroxyl groups is 1. The van der Waals surface area contributed by atoms with Gasteiger partial charge in [0.15, 0.2) is 0 Å². The lowest BCUT2D eigenvalue weighted by Gasteiger charge is -2.33. The van der Waals surface area contributed by atoms with Crippen LogP contribution in [0.25, 0.3) is 0 Å². The molecule has 3 N–H and O–H groups in total. The molecular weight excluding hydrogens is 396 g/mol. The Morgan fingerprint density at radius 1 is 1.04 bits per heavy atom. The fraction of sp³-hybridized carbons (Fsp3) is 0.150. The number of nitrogens with zero attached hydrogens (tertiary/aromatic N) is 1. The summed E-state index contributed by atoms with van der Waals surface area (Å²) < 4.78 is 22.8. The molecular formula is C20H18N2O4S2. The van der Waals surface area contributed by atoms with Gasteiger partial charge in [0.1, 0.15) is 0 Å². The van der Waals surface area contributed by atoms with Crippen LogP contribution >= 0.6 is 11.3 Å². The molecule has 0 spiro atoms. The molecule has 0 saturated carbocycles. The minimum atomic E-state index is -3.75. The number of fused-ring (bicyclic) bond motifs is 1. The first-order valence-corrected chi connectivity index (χ1v) is 11.0. The highest BCUT2D eigenvalue weighted by atomic mass is 32.2. The van der Waals surface area contributed by atoms with Crippen molar-refractivity contribution in [3.8, 4) is 0 Å². The largest absolute Gasteiger partial charge is 0.362 e. The Morgan fingerprint density at radius 3 is 2.39 bits per heavy atom. The maximum atomic E-state index is 13.0. The number of carbonyl (C=O) groups is 1. The highest BCUT2D eigenvalue weighted by Crippen LogP contribution is 2.43. The summed E-state index contributed by atoms with van der Waals surface area (Å²) >= 11 is 1.39. The van der Waals surface area contributed by atoms with Crippen LogP contribution in [-0.4, -0.2) is 30.9 Å². The Bertz CT molecular complexity index is 1130. The van der Waals surface area contributed by atoms with Gasteiger partial charge >= 0.3 is 0 Å². The Balaban J connectivity index is 1.64. The van der Waals surface area contributed by atoms with Crippen molar-refractivity contribution >= 4 is 27.3 Å². The van der Waals surface area contributed by atoms with Crippen molar-refractivity contribution in [3.05, 3.63) is 87.6 Å². The second-order valence-electron chi connectivity index (χ2n) is 6.59. The summed E-state index contributed by atoms with van der Waals surface area (Å²) in [5.41, 5.74) is 0.391. The van der Waals surface area contributed by atoms with Crippen molar-refractivity contribution in [2.45, 2.75) is 17.0 Å². The van der Waals surface area contributed by atoms with Gasteiger partial charge in [-0.25, -0.2) is 13.6 Å². The van der Waals surface area contributed by atoms with Crippen LogP contribution in [0, 0.1) is 0 Å². The molecule has 0 bridgehead atoms. The van der Waals surface area contributed by atoms with Gasteiger partial charge in [0, 0.05) is 17.7 Å². The smallest absolute Gasteiger partial charge is 0.257 e. The monoisotopic (exact) mass is 414 g/mol. The summed E-state index contributed by atoms with van der Waals surface area (Å²) in [4.78, 5) is 15.2. The number of benzene rings is 2. The third kappa shape index (κ3) is 3.04. The zero-order valence-electron chi connectivity index (χ0n) is 14.8. The van der Waals surface area contributed by atoms with Crippen LogP contribution in [0.15, 0.2) is 70.9 Å². The molecule has 2 heterocycles. The van der Waals surface area contributed by atoms with Crippen molar-refractivity contribution in [1.82, 2.24) is 4.90 Å². The van der Waals surface area contributed by atoms with Crippen molar-refractivity contribution in [2.24, 2.45) is 5.14 Å². The summed E-state index contributed by atoms with van der Waals surface area (Å²) in [5, 5.41) is 18.6. The zero-order chi connectivity index (χ0) is 19.9. The average Bonchev–Trinajstić information content (AvgIpc) is 3.28. The van der Waals surface area contributed by atoms with Crippen LogP contribution in [0.5, 0.6) is 0 Å². The second-order valence-corrected chi connectivity index (χ2v) is 9.10. The quantitative estimate of drug-likeness (QED) is 0.669. The first-order chi connectivity index (χ1) is 13.3. The Labute approximate surface area is 166 Å². The van der Waals surface area contributed by atoms with E-state index in [0.717, 1.165) is 5.56 Å². The third-order valence-electron chi connectivity index (χ3n) is 4.91. The molecule has 2 aromatic carbocycles. The fourth-order valence-electron chi connectivity index (χ4n) is 3.50. The third-order valence-corrected chi connectivity index (χ3v) is 6.81. The van der Waals surface area contributed by atoms with Gasteiger partial charge in [-0.1, -0.05) is 36.4 Å². The van der Waals surface area contributed by atoms with Gasteiger partial charge in [-0.2, -0.15) is 0 Å². The maximum Gasteiger partial charge on any atom is 0.257 e. The predicted molar refractivity (Wildman–Crippen MR) is 106 cm³/mol. The van der Waals surface area contributed by atoms with E-state index >= 15 is 0 Å². The fourth-order valence-corrected chi connectivity index (χ4v) is 4.86. The average molecular weight is 415 g/mol. The van der Waals surface area contributed by atoms with E-state index in [1.54, 1.807) is 36.4 Å². The number of rotatable bonds is 5. The highest BCUT2D eigenvalue weighted by molar-refractivity contribution is 7.89. The standard InChI is InChI=1S/C20H18N2O4S2/c21-28(25,26)15-9-7-14(8-10-15)11-12-22-19(23)16-4-1-2-5-17(16)20(22,24)18-6-3-13-27-18/h1-10,13,24H,11-12H2,(H2,21,25,26). The van der Waals surface area contributed by atoms with Crippen molar-refractivity contribution in [1.29, 1.82) is 0 Å². The van der Waals surface area contributed by atoms with Crippen LogP contribution < -0.4 is 5.14 Å². The van der Waals surface area contributed by atoms with E-state index in [0.29, 0.717) is 22.4 Å². The molecule has 1 aromatic heterocycles. The summed E-state index contributed by atoms with van der Waals surface area (Å²) in [7, 11) is -3.75. The number of amides is 1. The molecule has 1 unspecified atom stereocenters. The molecule has 1 amide bonds. The van der Waals surface area contributed by atoms with Gasteiger partial charge in [-0.05, 0) is 41.6 Å². The van der Waals surface area contributed by atoms with Crippen LogP contribution in [0.3, 0.4) is 0 Å². The Morgan fingerprint density at radius 2 is 1.75 bits per heavy atom. The molecule has 4 rings (SSSR count). The van der Waals surface area contributed by atoms with Crippen LogP contribution in [0.1, 0.15) is 26.4 Å². The summed E-state index contributed by atoms with van der Waals surface area (Å²) in [5.74, 6) is -0.229. The summed E-state index contributed by atoms with van der Waals surface area (Å²) in [6.07, 6.45) is 0.457. The molecule has 8 heteroatoms. The lowest BCUT2D eigenvalue weighted by molar-refractivity contribution is -0.0466. The van der Waals surface area contributed by atoms with Crippen LogP contribution in [-0.2, 0) is 22.2 Å². The van der Waals surface area contributed by atoms with Gasteiger partial charge in [0.2, 0.25) is 15.7 Å². The predicted octanol–water partition coefficient (Wildman–Crippen LogP) is 2.29. The highest BCUT2D eigenvalue weighted by Gasteiger charge is 2.50. The Kier molecular flexibility index (Phi) is 4.59. The molecule has 6 nitrogen and oxygen atoms in total. The van der Waals surface area contributed by atoms with E-state index in [4.69, 9.17) is 5.14 Å². The molecule has 0 aliphatic carbocycles. The molecule has 28 heavy (non-hydrogen) atoms. The molecule has 0 radical (unpaired) electrons. The lowest BCUT2D eigenvalue weighted by Crippen LogP contribution is -2.45. The van der Waals surface area contributed by atoms with Crippen molar-refractivity contribution < 1.29 is 18.3 Å². The second kappa shape index (κ2) is 6.82. The molecule has 1 aliphatic rings. The van der Waals surface area contributed by atoms with Gasteiger partial charge in [0.05, 0.1) is 9.77 Å². The number of carbonyl (C=O) groups excluding carboxylic acids is 1. The van der Waals surface area contributed by atoms with Gasteiger partial charge in [-0.3, -0.25) is 4.79 Å². The first-order valence-electron chi connectivity index (χ1n) is 8.61. The summed E-state index contributed by atoms with van der Waals surface area (Å²) in [6, 6.07) is 16.9. The van der Waals surface area contributed by atoms with Gasteiger partial charge < -0.3 is 10.0 Å². The van der Waals surface area contributed by atoms with Gasteiger partial charge in [-0.15, -0.1) is 11.3 Å². The number of hydrogen-bond donors (Lipinski definition) is 2. The molecule has 0 fully saturated rings. The SMILES string of the molecule is NS(=O)(=O)c1ccc(CCN2C(=O)c3ccccc3C2(O)c2cccs2)cc1. The molecule has 1 aliphatic heterocycles. The lowest BCUT2D eigenvalue weighted by atomic mass is 9.99. The molecule has 0 saturated heterocycles. The topological polar surface area (TPSA) is 101 Å². The van der Waals surface area contributed by atoms with Gasteiger partial charge in [0.25, 0.3) is 5.91 Å². The van der Waals surface area contributed by atoms with E-state index in [9.17, 15) is 18.3 Å². The molecule has 3 aromatic rings. The number of thiophene rings is 1. The molecule has 1 atom stereocenters. The van der Waals surface area contributed by atoms with E-state index < -0.39 is 15.7 Å². The zero-order valence-corrected chi connectivity index (χ0v) is 16.4. The minimum Gasteiger partial charge on any atom is -0.362 e. The van der Waals surface area contributed by atoms with E-state index in [1.165, 1.54) is 28.4 Å². The van der Waals surface area contributed by atoms with Crippen molar-refractivity contribution in [2.75, 3.05) is 6.54 Å².